The van der Waals surface area contributed by atoms with Crippen molar-refractivity contribution in [2.45, 2.75) is 73.9 Å². The number of amides is 4. The second-order valence-corrected chi connectivity index (χ2v) is 12.0. The quantitative estimate of drug-likeness (QED) is 0.456. The largest absolute Gasteiger partial charge is 0.436 e. The van der Waals surface area contributed by atoms with Gasteiger partial charge in [0.15, 0.2) is 11.9 Å². The highest BCUT2D eigenvalue weighted by Gasteiger charge is 2.61. The van der Waals surface area contributed by atoms with Gasteiger partial charge in [0.25, 0.3) is 21.8 Å². The maximum atomic E-state index is 14.4. The molecule has 4 amide bonds. The molecule has 1 aromatic carbocycles. The number of rotatable bonds is 4. The van der Waals surface area contributed by atoms with Crippen LogP contribution in [0.5, 0.6) is 0 Å². The van der Waals surface area contributed by atoms with Crippen LogP contribution in [0.4, 0.5) is 9.18 Å². The smallest absolute Gasteiger partial charge is 0.405 e. The molecular formula is C25H30ClFN4O7S. The first-order valence-corrected chi connectivity index (χ1v) is 14.6. The van der Waals surface area contributed by atoms with Crippen molar-refractivity contribution in [3.8, 4) is 0 Å². The number of hydrogen-bond donors (Lipinski definition) is 3. The molecule has 14 heteroatoms. The highest BCUT2D eigenvalue weighted by atomic mass is 35.5. The van der Waals surface area contributed by atoms with Crippen molar-refractivity contribution in [1.29, 1.82) is 0 Å². The van der Waals surface area contributed by atoms with Gasteiger partial charge in [0.1, 0.15) is 16.5 Å². The van der Waals surface area contributed by atoms with Crippen molar-refractivity contribution in [1.82, 2.24) is 14.9 Å². The third kappa shape index (κ3) is 6.19. The van der Waals surface area contributed by atoms with Crippen LogP contribution in [0, 0.1) is 11.7 Å². The highest BCUT2D eigenvalue weighted by Crippen LogP contribution is 2.46. The number of carbonyl (C=O) groups excluding carboxylic acids is 4. The zero-order valence-corrected chi connectivity index (χ0v) is 22.6. The minimum atomic E-state index is -4.66. The number of fused-ring (bicyclic) bond motifs is 2. The van der Waals surface area contributed by atoms with E-state index in [9.17, 15) is 32.0 Å². The number of sulfonamides is 1. The number of primary amides is 1. The molecule has 0 aromatic heterocycles. The standard InChI is InChI=1S/C25H30ClFN4O7S/c26-16-9-6-12-19(20(16)27)39(36,37)30-23(34)25-14-15(25)8-4-2-1-3-5-11-18(38-24(28)35)22(33)31-13-7-10-17(31)21(32)29-25/h4,6,8-9,12,15,17-18H,1-3,5,7,10-11,13-14H2,(H2,28,35)(H,29,32)(H,30,34)/b8-4+. The highest BCUT2D eigenvalue weighted by molar-refractivity contribution is 7.90. The molecule has 0 radical (unpaired) electrons. The molecule has 11 nitrogen and oxygen atoms in total. The predicted molar refractivity (Wildman–Crippen MR) is 137 cm³/mol. The predicted octanol–water partition coefficient (Wildman–Crippen LogP) is 2.13. The van der Waals surface area contributed by atoms with Crippen LogP contribution in [0.25, 0.3) is 0 Å². The fourth-order valence-electron chi connectivity index (χ4n) is 5.13. The molecule has 1 saturated carbocycles. The van der Waals surface area contributed by atoms with Gasteiger partial charge in [-0.2, -0.15) is 0 Å². The molecule has 212 valence electrons. The topological polar surface area (TPSA) is 165 Å². The summed E-state index contributed by atoms with van der Waals surface area (Å²) >= 11 is 5.71. The van der Waals surface area contributed by atoms with E-state index in [0.717, 1.165) is 18.9 Å². The number of nitrogens with one attached hydrogen (secondary N) is 2. The van der Waals surface area contributed by atoms with Crippen molar-refractivity contribution in [2.75, 3.05) is 6.54 Å². The first-order valence-electron chi connectivity index (χ1n) is 12.7. The second-order valence-electron chi connectivity index (χ2n) is 9.94. The molecule has 4 N–H and O–H groups in total. The number of ether oxygens (including phenoxy) is 1. The molecule has 4 unspecified atom stereocenters. The average Bonchev–Trinajstić information content (AvgIpc) is 3.33. The molecule has 2 heterocycles. The summed E-state index contributed by atoms with van der Waals surface area (Å²) in [6.07, 6.45) is 5.24. The summed E-state index contributed by atoms with van der Waals surface area (Å²) in [7, 11) is -4.66. The molecule has 2 aliphatic heterocycles. The van der Waals surface area contributed by atoms with E-state index in [1.54, 1.807) is 6.08 Å². The summed E-state index contributed by atoms with van der Waals surface area (Å²) in [6.45, 7) is 0.237. The number of carbonyl (C=O) groups is 4. The Kier molecular flexibility index (Phi) is 8.50. The first kappa shape index (κ1) is 28.8. The van der Waals surface area contributed by atoms with Crippen LogP contribution >= 0.6 is 11.6 Å². The van der Waals surface area contributed by atoms with Gasteiger partial charge in [0.2, 0.25) is 5.91 Å². The maximum absolute atomic E-state index is 14.4. The average molecular weight is 585 g/mol. The fraction of sp³-hybridized carbons (Fsp3) is 0.520. The van der Waals surface area contributed by atoms with E-state index >= 15 is 0 Å². The summed E-state index contributed by atoms with van der Waals surface area (Å²) in [4.78, 5) is 52.0. The lowest BCUT2D eigenvalue weighted by atomic mass is 10.1. The number of hydrogen-bond acceptors (Lipinski definition) is 7. The first-order chi connectivity index (χ1) is 18.5. The molecule has 1 aromatic rings. The normalized spacial score (nSPS) is 28.7. The number of halogens is 2. The van der Waals surface area contributed by atoms with Gasteiger partial charge < -0.3 is 20.7 Å². The Balaban J connectivity index is 1.60. The Bertz CT molecular complexity index is 1310. The number of nitrogens with zero attached hydrogens (tertiary/aromatic N) is 1. The molecule has 2 fully saturated rings. The summed E-state index contributed by atoms with van der Waals surface area (Å²) < 4.78 is 47.2. The molecule has 39 heavy (non-hydrogen) atoms. The van der Waals surface area contributed by atoms with Crippen LogP contribution in [-0.4, -0.2) is 61.4 Å². The Hall–Kier alpha value is -3.19. The van der Waals surface area contributed by atoms with E-state index < -0.39 is 73.2 Å². The minimum absolute atomic E-state index is 0.114. The Morgan fingerprint density at radius 2 is 1.95 bits per heavy atom. The summed E-state index contributed by atoms with van der Waals surface area (Å²) in [5, 5.41) is 2.24. The third-order valence-corrected chi connectivity index (χ3v) is 8.92. The van der Waals surface area contributed by atoms with Gasteiger partial charge in [-0.1, -0.05) is 36.2 Å². The van der Waals surface area contributed by atoms with Crippen LogP contribution in [0.1, 0.15) is 51.4 Å². The van der Waals surface area contributed by atoms with Crippen LogP contribution in [0.3, 0.4) is 0 Å². The van der Waals surface area contributed by atoms with Crippen molar-refractivity contribution < 1.29 is 36.7 Å². The van der Waals surface area contributed by atoms with Crippen LogP contribution in [-0.2, 0) is 29.1 Å². The van der Waals surface area contributed by atoms with E-state index in [2.05, 4.69) is 5.32 Å². The van der Waals surface area contributed by atoms with Crippen LogP contribution < -0.4 is 15.8 Å². The van der Waals surface area contributed by atoms with Crippen molar-refractivity contribution >= 4 is 45.4 Å². The zero-order valence-electron chi connectivity index (χ0n) is 21.0. The summed E-state index contributed by atoms with van der Waals surface area (Å²) in [5.41, 5.74) is 3.56. The van der Waals surface area contributed by atoms with Crippen molar-refractivity contribution in [2.24, 2.45) is 11.7 Å². The summed E-state index contributed by atoms with van der Waals surface area (Å²) in [6, 6.07) is 2.42. The van der Waals surface area contributed by atoms with E-state index in [0.29, 0.717) is 25.7 Å². The Morgan fingerprint density at radius 3 is 2.69 bits per heavy atom. The fourth-order valence-corrected chi connectivity index (χ4v) is 6.51. The third-order valence-electron chi connectivity index (χ3n) is 7.28. The Morgan fingerprint density at radius 1 is 1.18 bits per heavy atom. The van der Waals surface area contributed by atoms with Gasteiger partial charge in [0, 0.05) is 12.5 Å². The van der Waals surface area contributed by atoms with E-state index in [1.165, 1.54) is 17.0 Å². The Labute approximate surface area is 230 Å². The second kappa shape index (κ2) is 11.5. The molecule has 0 spiro atoms. The lowest BCUT2D eigenvalue weighted by molar-refractivity contribution is -0.146. The summed E-state index contributed by atoms with van der Waals surface area (Å²) in [5.74, 6) is -3.94. The van der Waals surface area contributed by atoms with Gasteiger partial charge in [-0.05, 0) is 57.1 Å². The van der Waals surface area contributed by atoms with Gasteiger partial charge in [-0.25, -0.2) is 22.3 Å². The number of nitrogens with two attached hydrogens (primary N) is 1. The van der Waals surface area contributed by atoms with Crippen molar-refractivity contribution in [3.63, 3.8) is 0 Å². The molecule has 3 aliphatic rings. The van der Waals surface area contributed by atoms with Crippen LogP contribution in [0.15, 0.2) is 35.2 Å². The SMILES string of the molecule is NC(=O)OC1CCCCC/C=C/C2CC2(C(=O)NS(=O)(=O)c2cccc(Cl)c2F)NC(=O)C2CCCN2C1=O. The lowest BCUT2D eigenvalue weighted by Gasteiger charge is -2.29. The number of allylic oxidation sites excluding steroid dienone is 1. The van der Waals surface area contributed by atoms with Gasteiger partial charge in [-0.15, -0.1) is 0 Å². The molecular weight excluding hydrogens is 555 g/mol. The number of benzene rings is 1. The molecule has 0 bridgehead atoms. The molecule has 4 atom stereocenters. The van der Waals surface area contributed by atoms with E-state index in [-0.39, 0.29) is 19.4 Å². The van der Waals surface area contributed by atoms with E-state index in [1.807, 2.05) is 10.8 Å². The van der Waals surface area contributed by atoms with Crippen LogP contribution in [0.2, 0.25) is 5.02 Å². The molecule has 4 rings (SSSR count). The monoisotopic (exact) mass is 584 g/mol. The lowest BCUT2D eigenvalue weighted by Crippen LogP contribution is -2.57. The van der Waals surface area contributed by atoms with Gasteiger partial charge >= 0.3 is 6.09 Å². The van der Waals surface area contributed by atoms with E-state index in [4.69, 9.17) is 22.1 Å². The van der Waals surface area contributed by atoms with Crippen molar-refractivity contribution in [3.05, 3.63) is 41.2 Å². The minimum Gasteiger partial charge on any atom is -0.436 e. The molecule has 1 aliphatic carbocycles. The van der Waals surface area contributed by atoms with Gasteiger partial charge in [-0.3, -0.25) is 14.4 Å². The zero-order chi connectivity index (χ0) is 28.4. The van der Waals surface area contributed by atoms with Gasteiger partial charge in [0.05, 0.1) is 5.02 Å². The molecule has 1 saturated heterocycles. The maximum Gasteiger partial charge on any atom is 0.405 e.